The van der Waals surface area contributed by atoms with Gasteiger partial charge in [0.05, 0.1) is 11.6 Å². The molecule has 0 aliphatic carbocycles. The molecule has 0 atom stereocenters. The zero-order valence-corrected chi connectivity index (χ0v) is 12.3. The molecule has 20 heavy (non-hydrogen) atoms. The van der Waals surface area contributed by atoms with Crippen molar-refractivity contribution in [3.05, 3.63) is 65.2 Å². The third kappa shape index (κ3) is 3.61. The molecule has 0 radical (unpaired) electrons. The summed E-state index contributed by atoms with van der Waals surface area (Å²) in [6.45, 7) is 7.41. The van der Waals surface area contributed by atoms with E-state index in [9.17, 15) is 0 Å². The number of nitrogens with one attached hydrogen (secondary N) is 1. The van der Waals surface area contributed by atoms with Gasteiger partial charge in [-0.25, -0.2) is 0 Å². The van der Waals surface area contributed by atoms with Crippen molar-refractivity contribution in [3.8, 4) is 6.07 Å². The molecule has 0 saturated heterocycles. The van der Waals surface area contributed by atoms with Crippen LogP contribution in [0.25, 0.3) is 0 Å². The van der Waals surface area contributed by atoms with Crippen LogP contribution in [0, 0.1) is 11.3 Å². The smallest absolute Gasteiger partial charge is 0.0992 e. The number of benzene rings is 2. The van der Waals surface area contributed by atoms with E-state index in [1.54, 1.807) is 0 Å². The summed E-state index contributed by atoms with van der Waals surface area (Å²) < 4.78 is 0. The lowest BCUT2D eigenvalue weighted by Gasteiger charge is -2.19. The molecule has 0 amide bonds. The zero-order chi connectivity index (χ0) is 14.6. The molecule has 2 aromatic carbocycles. The van der Waals surface area contributed by atoms with E-state index in [2.05, 4.69) is 56.4 Å². The summed E-state index contributed by atoms with van der Waals surface area (Å²) >= 11 is 0. The minimum absolute atomic E-state index is 0.188. The topological polar surface area (TPSA) is 35.8 Å². The molecule has 2 heteroatoms. The van der Waals surface area contributed by atoms with Gasteiger partial charge in [-0.2, -0.15) is 5.26 Å². The van der Waals surface area contributed by atoms with Crippen LogP contribution < -0.4 is 5.32 Å². The molecule has 0 saturated carbocycles. The van der Waals surface area contributed by atoms with Crippen molar-refractivity contribution in [2.75, 3.05) is 5.32 Å². The number of nitrogens with zero attached hydrogens (tertiary/aromatic N) is 1. The van der Waals surface area contributed by atoms with Gasteiger partial charge in [0.15, 0.2) is 0 Å². The highest BCUT2D eigenvalue weighted by Gasteiger charge is 2.12. The van der Waals surface area contributed by atoms with Crippen LogP contribution in [-0.4, -0.2) is 0 Å². The molecular formula is C18H20N2. The van der Waals surface area contributed by atoms with Gasteiger partial charge in [0.2, 0.25) is 0 Å². The lowest BCUT2D eigenvalue weighted by molar-refractivity contribution is 0.590. The summed E-state index contributed by atoms with van der Waals surface area (Å²) in [7, 11) is 0. The molecule has 0 fully saturated rings. The molecule has 2 aromatic rings. The van der Waals surface area contributed by atoms with Crippen molar-refractivity contribution < 1.29 is 0 Å². The fraction of sp³-hybridized carbons (Fsp3) is 0.278. The van der Waals surface area contributed by atoms with Gasteiger partial charge in [-0.3, -0.25) is 0 Å². The summed E-state index contributed by atoms with van der Waals surface area (Å²) in [4.78, 5) is 0. The second kappa shape index (κ2) is 5.79. The molecule has 0 heterocycles. The third-order valence-corrected chi connectivity index (χ3v) is 3.31. The minimum Gasteiger partial charge on any atom is -0.381 e. The predicted octanol–water partition coefficient (Wildman–Crippen LogP) is 4.47. The minimum atomic E-state index is 0.188. The first kappa shape index (κ1) is 14.1. The number of hydrogen-bond donors (Lipinski definition) is 1. The second-order valence-corrected chi connectivity index (χ2v) is 5.99. The van der Waals surface area contributed by atoms with Crippen LogP contribution in [0.5, 0.6) is 0 Å². The third-order valence-electron chi connectivity index (χ3n) is 3.31. The van der Waals surface area contributed by atoms with E-state index in [1.807, 2.05) is 24.3 Å². The van der Waals surface area contributed by atoms with Crippen LogP contribution in [-0.2, 0) is 12.0 Å². The molecule has 0 aliphatic heterocycles. The summed E-state index contributed by atoms with van der Waals surface area (Å²) in [6, 6.07) is 18.4. The van der Waals surface area contributed by atoms with E-state index in [-0.39, 0.29) is 5.41 Å². The molecule has 0 spiro atoms. The first-order valence-corrected chi connectivity index (χ1v) is 6.82. The SMILES string of the molecule is CC(C)(C)c1ccc(CNc2cccc(C#N)c2)cc1. The number of nitriles is 1. The van der Waals surface area contributed by atoms with Gasteiger partial charge >= 0.3 is 0 Å². The normalized spacial score (nSPS) is 10.9. The zero-order valence-electron chi connectivity index (χ0n) is 12.3. The Hall–Kier alpha value is -2.27. The van der Waals surface area contributed by atoms with Crippen molar-refractivity contribution in [1.29, 1.82) is 5.26 Å². The maximum absolute atomic E-state index is 8.88. The Bertz CT molecular complexity index is 613. The van der Waals surface area contributed by atoms with Crippen LogP contribution in [0.3, 0.4) is 0 Å². The van der Waals surface area contributed by atoms with E-state index in [0.29, 0.717) is 5.56 Å². The number of anilines is 1. The van der Waals surface area contributed by atoms with Gasteiger partial charge in [-0.15, -0.1) is 0 Å². The largest absolute Gasteiger partial charge is 0.381 e. The highest BCUT2D eigenvalue weighted by Crippen LogP contribution is 2.22. The summed E-state index contributed by atoms with van der Waals surface area (Å²) in [5, 5.41) is 12.2. The Morgan fingerprint density at radius 2 is 1.75 bits per heavy atom. The van der Waals surface area contributed by atoms with Gasteiger partial charge in [0, 0.05) is 12.2 Å². The fourth-order valence-electron chi connectivity index (χ4n) is 2.03. The fourth-order valence-corrected chi connectivity index (χ4v) is 2.03. The molecule has 0 aromatic heterocycles. The van der Waals surface area contributed by atoms with Gasteiger partial charge in [0.25, 0.3) is 0 Å². The van der Waals surface area contributed by atoms with Crippen molar-refractivity contribution in [3.63, 3.8) is 0 Å². The average molecular weight is 264 g/mol. The van der Waals surface area contributed by atoms with Gasteiger partial charge in [-0.1, -0.05) is 51.1 Å². The summed E-state index contributed by atoms with van der Waals surface area (Å²) in [5.41, 5.74) is 4.42. The average Bonchev–Trinajstić information content (AvgIpc) is 2.45. The van der Waals surface area contributed by atoms with Crippen LogP contribution >= 0.6 is 0 Å². The molecule has 0 bridgehead atoms. The summed E-state index contributed by atoms with van der Waals surface area (Å²) in [5.74, 6) is 0. The number of rotatable bonds is 3. The second-order valence-electron chi connectivity index (χ2n) is 5.99. The Morgan fingerprint density at radius 3 is 2.35 bits per heavy atom. The van der Waals surface area contributed by atoms with Gasteiger partial charge < -0.3 is 5.32 Å². The molecule has 0 aliphatic rings. The Kier molecular flexibility index (Phi) is 4.10. The van der Waals surface area contributed by atoms with E-state index in [1.165, 1.54) is 11.1 Å². The lowest BCUT2D eigenvalue weighted by atomic mass is 9.87. The first-order chi connectivity index (χ1) is 9.49. The molecule has 2 rings (SSSR count). The molecule has 102 valence electrons. The van der Waals surface area contributed by atoms with Crippen molar-refractivity contribution in [2.24, 2.45) is 0 Å². The molecule has 0 unspecified atom stereocenters. The predicted molar refractivity (Wildman–Crippen MR) is 83.6 cm³/mol. The number of hydrogen-bond acceptors (Lipinski definition) is 2. The maximum atomic E-state index is 8.88. The Balaban J connectivity index is 2.02. The van der Waals surface area contributed by atoms with E-state index >= 15 is 0 Å². The highest BCUT2D eigenvalue weighted by atomic mass is 14.9. The Labute approximate surface area is 121 Å². The quantitative estimate of drug-likeness (QED) is 0.888. The van der Waals surface area contributed by atoms with E-state index in [0.717, 1.165) is 12.2 Å². The van der Waals surface area contributed by atoms with Crippen LogP contribution in [0.15, 0.2) is 48.5 Å². The Morgan fingerprint density at radius 1 is 1.05 bits per heavy atom. The van der Waals surface area contributed by atoms with Crippen molar-refractivity contribution in [1.82, 2.24) is 0 Å². The maximum Gasteiger partial charge on any atom is 0.0992 e. The van der Waals surface area contributed by atoms with Crippen LogP contribution in [0.1, 0.15) is 37.5 Å². The lowest BCUT2D eigenvalue weighted by Crippen LogP contribution is -2.11. The van der Waals surface area contributed by atoms with Gasteiger partial charge in [0.1, 0.15) is 0 Å². The molecular weight excluding hydrogens is 244 g/mol. The first-order valence-electron chi connectivity index (χ1n) is 6.82. The standard InChI is InChI=1S/C18H20N2/c1-18(2,3)16-9-7-14(8-10-16)13-20-17-6-4-5-15(11-17)12-19/h4-11,20H,13H2,1-3H3. The van der Waals surface area contributed by atoms with E-state index < -0.39 is 0 Å². The van der Waals surface area contributed by atoms with Crippen LogP contribution in [0.4, 0.5) is 5.69 Å². The molecule has 2 nitrogen and oxygen atoms in total. The van der Waals surface area contributed by atoms with Gasteiger partial charge in [-0.05, 0) is 34.7 Å². The highest BCUT2D eigenvalue weighted by molar-refractivity contribution is 5.49. The van der Waals surface area contributed by atoms with E-state index in [4.69, 9.17) is 5.26 Å². The summed E-state index contributed by atoms with van der Waals surface area (Å²) in [6.07, 6.45) is 0. The molecule has 1 N–H and O–H groups in total. The van der Waals surface area contributed by atoms with Crippen molar-refractivity contribution >= 4 is 5.69 Å². The van der Waals surface area contributed by atoms with Crippen molar-refractivity contribution in [2.45, 2.75) is 32.7 Å². The monoisotopic (exact) mass is 264 g/mol. The van der Waals surface area contributed by atoms with Crippen LogP contribution in [0.2, 0.25) is 0 Å².